The van der Waals surface area contributed by atoms with Gasteiger partial charge in [0.1, 0.15) is 4.60 Å². The maximum Gasteiger partial charge on any atom is 0.108 e. The molecule has 0 N–H and O–H groups in total. The minimum atomic E-state index is -0.275. The molecule has 0 bridgehead atoms. The van der Waals surface area contributed by atoms with Crippen molar-refractivity contribution in [2.45, 2.75) is 0 Å². The zero-order valence-corrected chi connectivity index (χ0v) is 6.36. The van der Waals surface area contributed by atoms with Crippen LogP contribution in [0.25, 0.3) is 5.52 Å². The molecule has 2 aromatic heterocycles. The molecule has 0 aromatic carbocycles. The summed E-state index contributed by atoms with van der Waals surface area (Å²) in [5, 5.41) is 3.70. The molecule has 0 aliphatic heterocycles. The topological polar surface area (TPSA) is 17.3 Å². The van der Waals surface area contributed by atoms with Gasteiger partial charge in [-0.2, -0.15) is 5.10 Å². The Bertz CT molecular complexity index is 564. The van der Waals surface area contributed by atoms with Crippen LogP contribution >= 0.6 is 15.9 Å². The summed E-state index contributed by atoms with van der Waals surface area (Å²) in [4.78, 5) is 0. The fourth-order valence-corrected chi connectivity index (χ4v) is 1.01. The Morgan fingerprint density at radius 2 is 2.40 bits per heavy atom. The third kappa shape index (κ3) is 0.743. The highest BCUT2D eigenvalue weighted by atomic mass is 79.9. The van der Waals surface area contributed by atoms with E-state index in [1.807, 2.05) is 0 Å². The Hall–Kier alpha value is -0.830. The van der Waals surface area contributed by atoms with E-state index in [1.165, 1.54) is 0 Å². The summed E-state index contributed by atoms with van der Waals surface area (Å²) in [5.74, 6) is 0. The minimum absolute atomic E-state index is 0.0767. The van der Waals surface area contributed by atoms with E-state index in [9.17, 15) is 0 Å². The summed E-state index contributed by atoms with van der Waals surface area (Å²) in [6, 6.07) is -0.897. The summed E-state index contributed by atoms with van der Waals surface area (Å²) in [5.41, 5.74) is 0.0767. The van der Waals surface area contributed by atoms with Crippen LogP contribution in [0.3, 0.4) is 0 Å². The van der Waals surface area contributed by atoms with E-state index in [-0.39, 0.29) is 40.5 Å². The van der Waals surface area contributed by atoms with E-state index in [4.69, 9.17) is 6.85 Å². The van der Waals surface area contributed by atoms with Crippen molar-refractivity contribution in [1.82, 2.24) is 9.61 Å². The van der Waals surface area contributed by atoms with Crippen molar-refractivity contribution < 1.29 is 6.85 Å². The zero-order valence-electron chi connectivity index (χ0n) is 9.77. The number of aromatic nitrogens is 2. The van der Waals surface area contributed by atoms with Gasteiger partial charge in [0.2, 0.25) is 0 Å². The largest absolute Gasteiger partial charge is 0.227 e. The Morgan fingerprint density at radius 1 is 1.50 bits per heavy atom. The maximum absolute atomic E-state index is 7.59. The van der Waals surface area contributed by atoms with E-state index >= 15 is 0 Å². The first-order chi connectivity index (χ1) is 6.95. The lowest BCUT2D eigenvalue weighted by Gasteiger charge is -1.93. The molecule has 0 aliphatic carbocycles. The van der Waals surface area contributed by atoms with Crippen LogP contribution in [0.15, 0.2) is 34.9 Å². The zero-order chi connectivity index (χ0) is 11.3. The third-order valence-corrected chi connectivity index (χ3v) is 1.60. The molecule has 2 rings (SSSR count). The van der Waals surface area contributed by atoms with Gasteiger partial charge in [-0.05, 0) is 34.1 Å². The van der Waals surface area contributed by atoms with Crippen molar-refractivity contribution in [3.63, 3.8) is 0 Å². The first kappa shape index (κ1) is 2.66. The average Bonchev–Trinajstić information content (AvgIpc) is 2.50. The number of rotatable bonds is 0. The van der Waals surface area contributed by atoms with Crippen LogP contribution in [-0.2, 0) is 0 Å². The molecular formula is C7H5BrN2. The molecule has 0 radical (unpaired) electrons. The molecule has 0 spiro atoms. The summed E-state index contributed by atoms with van der Waals surface area (Å²) in [6.45, 7) is 0. The monoisotopic (exact) mass is 201 g/mol. The molecule has 0 aliphatic rings. The van der Waals surface area contributed by atoms with Gasteiger partial charge in [0.05, 0.1) is 18.5 Å². The molecule has 0 amide bonds. The molecule has 3 heteroatoms. The van der Waals surface area contributed by atoms with Crippen LogP contribution in [0, 0.1) is 0 Å². The lowest BCUT2D eigenvalue weighted by molar-refractivity contribution is 0.935. The first-order valence-corrected chi connectivity index (χ1v) is 3.35. The molecule has 2 aromatic rings. The van der Waals surface area contributed by atoms with Gasteiger partial charge in [-0.15, -0.1) is 0 Å². The highest BCUT2D eigenvalue weighted by Crippen LogP contribution is 2.11. The van der Waals surface area contributed by atoms with Gasteiger partial charge in [-0.1, -0.05) is 6.04 Å². The number of hydrogen-bond donors (Lipinski definition) is 0. The standard InChI is InChI=1S/C7H5BrN2/c8-7-3-1-2-6-4-5-9-10(6)7/h1-5H/i1D,2D,3D,4D,5D. The number of fused-ring (bicyclic) bond motifs is 1. The molecule has 0 atom stereocenters. The van der Waals surface area contributed by atoms with E-state index < -0.39 is 0 Å². The van der Waals surface area contributed by atoms with Crippen LogP contribution in [-0.4, -0.2) is 9.61 Å². The average molecular weight is 202 g/mol. The second kappa shape index (κ2) is 2.09. The predicted molar refractivity (Wildman–Crippen MR) is 42.9 cm³/mol. The van der Waals surface area contributed by atoms with Crippen molar-refractivity contribution in [3.8, 4) is 0 Å². The normalized spacial score (nSPS) is 17.5. The smallest absolute Gasteiger partial charge is 0.108 e. The fourth-order valence-electron chi connectivity index (χ4n) is 0.652. The quantitative estimate of drug-likeness (QED) is 0.598. The fraction of sp³-hybridized carbons (Fsp3) is 0. The van der Waals surface area contributed by atoms with Crippen molar-refractivity contribution in [2.24, 2.45) is 0 Å². The first-order valence-electron chi connectivity index (χ1n) is 5.06. The van der Waals surface area contributed by atoms with Gasteiger partial charge in [-0.25, -0.2) is 4.52 Å². The molecule has 10 heavy (non-hydrogen) atoms. The highest BCUT2D eigenvalue weighted by molar-refractivity contribution is 9.10. The van der Waals surface area contributed by atoms with Crippen molar-refractivity contribution in [1.29, 1.82) is 0 Å². The van der Waals surface area contributed by atoms with Crippen molar-refractivity contribution >= 4 is 21.4 Å². The third-order valence-electron chi connectivity index (χ3n) is 1.07. The van der Waals surface area contributed by atoms with Crippen LogP contribution in [0.4, 0.5) is 0 Å². The van der Waals surface area contributed by atoms with E-state index in [0.29, 0.717) is 0 Å². The lowest BCUT2D eigenvalue weighted by atomic mass is 10.4. The predicted octanol–water partition coefficient (Wildman–Crippen LogP) is 2.10. The molecule has 50 valence electrons. The SMILES string of the molecule is [2H]c1nn2c(Br)c([2H])c([2H])c([2H])c2c1[2H]. The second-order valence-electron chi connectivity index (χ2n) is 1.66. The molecule has 2 nitrogen and oxygen atoms in total. The van der Waals surface area contributed by atoms with Gasteiger partial charge in [0, 0.05) is 0 Å². The van der Waals surface area contributed by atoms with Crippen LogP contribution in [0.5, 0.6) is 0 Å². The molecule has 2 heterocycles. The summed E-state index contributed by atoms with van der Waals surface area (Å²) < 4.78 is 38.7. The van der Waals surface area contributed by atoms with Crippen molar-refractivity contribution in [2.75, 3.05) is 0 Å². The lowest BCUT2D eigenvalue weighted by Crippen LogP contribution is -1.86. The van der Waals surface area contributed by atoms with Crippen molar-refractivity contribution in [3.05, 3.63) is 34.9 Å². The Morgan fingerprint density at radius 3 is 3.30 bits per heavy atom. The summed E-state index contributed by atoms with van der Waals surface area (Å²) >= 11 is 3.06. The van der Waals surface area contributed by atoms with E-state index in [1.54, 1.807) is 0 Å². The Balaban J connectivity index is 3.07. The van der Waals surface area contributed by atoms with Gasteiger partial charge in [0.25, 0.3) is 0 Å². The highest BCUT2D eigenvalue weighted by Gasteiger charge is 1.93. The second-order valence-corrected chi connectivity index (χ2v) is 2.41. The van der Waals surface area contributed by atoms with Gasteiger partial charge in [-0.3, -0.25) is 0 Å². The van der Waals surface area contributed by atoms with E-state index in [2.05, 4.69) is 21.0 Å². The Labute approximate surface area is 73.6 Å². The van der Waals surface area contributed by atoms with Crippen LogP contribution in [0.2, 0.25) is 0 Å². The van der Waals surface area contributed by atoms with Gasteiger partial charge < -0.3 is 0 Å². The van der Waals surface area contributed by atoms with E-state index in [0.717, 1.165) is 4.52 Å². The molecule has 0 unspecified atom stereocenters. The summed E-state index contributed by atoms with van der Waals surface area (Å²) in [6.07, 6.45) is -0.269. The minimum Gasteiger partial charge on any atom is -0.227 e. The van der Waals surface area contributed by atoms with Crippen LogP contribution < -0.4 is 0 Å². The molecular weight excluding hydrogens is 192 g/mol. The van der Waals surface area contributed by atoms with Gasteiger partial charge >= 0.3 is 0 Å². The summed E-state index contributed by atoms with van der Waals surface area (Å²) in [7, 11) is 0. The molecule has 0 saturated heterocycles. The van der Waals surface area contributed by atoms with Gasteiger partial charge in [0.15, 0.2) is 0 Å². The number of nitrogens with zero attached hydrogens (tertiary/aromatic N) is 2. The molecule has 0 saturated carbocycles. The van der Waals surface area contributed by atoms with Crippen LogP contribution in [0.1, 0.15) is 6.85 Å². The number of halogens is 1. The number of pyridine rings is 1. The number of hydrogen-bond acceptors (Lipinski definition) is 1. The Kier molecular flexibility index (Phi) is 0.556. The maximum atomic E-state index is 7.59. The molecule has 0 fully saturated rings.